The zero-order chi connectivity index (χ0) is 15.4. The van der Waals surface area contributed by atoms with Crippen LogP contribution in [0.15, 0.2) is 36.4 Å². The van der Waals surface area contributed by atoms with Crippen LogP contribution in [0, 0.1) is 11.6 Å². The SMILES string of the molecule is O=C(NCc1ccc(Cl)c(Cl)c1)Nc1ccc(F)cc1F. The Morgan fingerprint density at radius 3 is 2.48 bits per heavy atom. The molecule has 2 aromatic rings. The van der Waals surface area contributed by atoms with Crippen LogP contribution < -0.4 is 10.6 Å². The van der Waals surface area contributed by atoms with E-state index in [-0.39, 0.29) is 12.2 Å². The van der Waals surface area contributed by atoms with E-state index in [9.17, 15) is 13.6 Å². The number of anilines is 1. The quantitative estimate of drug-likeness (QED) is 0.848. The van der Waals surface area contributed by atoms with Gasteiger partial charge in [-0.1, -0.05) is 29.3 Å². The second-order valence-corrected chi connectivity index (χ2v) is 4.99. The van der Waals surface area contributed by atoms with E-state index in [4.69, 9.17) is 23.2 Å². The maximum absolute atomic E-state index is 13.4. The van der Waals surface area contributed by atoms with Gasteiger partial charge in [0.1, 0.15) is 11.6 Å². The molecule has 0 unspecified atom stereocenters. The van der Waals surface area contributed by atoms with Gasteiger partial charge in [0.2, 0.25) is 0 Å². The number of carbonyl (C=O) groups is 1. The molecule has 0 atom stereocenters. The molecule has 0 spiro atoms. The van der Waals surface area contributed by atoms with Gasteiger partial charge in [0.05, 0.1) is 15.7 Å². The molecule has 0 radical (unpaired) electrons. The first-order valence-corrected chi connectivity index (χ1v) is 6.65. The summed E-state index contributed by atoms with van der Waals surface area (Å²) in [5.41, 5.74) is 0.627. The van der Waals surface area contributed by atoms with Crippen molar-refractivity contribution in [2.45, 2.75) is 6.54 Å². The van der Waals surface area contributed by atoms with Crippen LogP contribution in [-0.2, 0) is 6.54 Å². The number of halogens is 4. The van der Waals surface area contributed by atoms with Crippen molar-refractivity contribution in [1.29, 1.82) is 0 Å². The van der Waals surface area contributed by atoms with Crippen molar-refractivity contribution in [3.8, 4) is 0 Å². The fraction of sp³-hybridized carbons (Fsp3) is 0.0714. The third-order valence-corrected chi connectivity index (χ3v) is 3.36. The Labute approximate surface area is 129 Å². The third kappa shape index (κ3) is 4.31. The van der Waals surface area contributed by atoms with Crippen LogP contribution in [0.3, 0.4) is 0 Å². The molecule has 0 fully saturated rings. The molecular weight excluding hydrogens is 321 g/mol. The Bertz CT molecular complexity index is 680. The minimum atomic E-state index is -0.848. The average molecular weight is 331 g/mol. The van der Waals surface area contributed by atoms with Gasteiger partial charge < -0.3 is 10.6 Å². The van der Waals surface area contributed by atoms with Crippen LogP contribution in [0.4, 0.5) is 19.3 Å². The van der Waals surface area contributed by atoms with Gasteiger partial charge in [-0.05, 0) is 29.8 Å². The number of hydrogen-bond donors (Lipinski definition) is 2. The minimum Gasteiger partial charge on any atom is -0.334 e. The molecule has 7 heteroatoms. The summed E-state index contributed by atoms with van der Waals surface area (Å²) in [4.78, 5) is 11.6. The van der Waals surface area contributed by atoms with E-state index >= 15 is 0 Å². The number of rotatable bonds is 3. The molecule has 0 aromatic heterocycles. The maximum Gasteiger partial charge on any atom is 0.319 e. The number of amides is 2. The Kier molecular flexibility index (Phi) is 4.98. The van der Waals surface area contributed by atoms with Crippen LogP contribution in [0.5, 0.6) is 0 Å². The van der Waals surface area contributed by atoms with Crippen molar-refractivity contribution in [1.82, 2.24) is 5.32 Å². The van der Waals surface area contributed by atoms with Crippen molar-refractivity contribution < 1.29 is 13.6 Å². The van der Waals surface area contributed by atoms with Crippen molar-refractivity contribution in [3.63, 3.8) is 0 Å². The highest BCUT2D eigenvalue weighted by atomic mass is 35.5. The summed E-state index contributed by atoms with van der Waals surface area (Å²) in [5.74, 6) is -1.56. The van der Waals surface area contributed by atoms with Crippen molar-refractivity contribution in [3.05, 3.63) is 63.6 Å². The molecule has 21 heavy (non-hydrogen) atoms. The molecule has 2 rings (SSSR count). The van der Waals surface area contributed by atoms with Crippen molar-refractivity contribution in [2.75, 3.05) is 5.32 Å². The molecule has 0 aliphatic carbocycles. The first-order chi connectivity index (χ1) is 9.95. The lowest BCUT2D eigenvalue weighted by Gasteiger charge is -2.09. The minimum absolute atomic E-state index is 0.108. The predicted molar refractivity (Wildman–Crippen MR) is 78.7 cm³/mol. The highest BCUT2D eigenvalue weighted by Crippen LogP contribution is 2.22. The van der Waals surface area contributed by atoms with E-state index in [2.05, 4.69) is 10.6 Å². The van der Waals surface area contributed by atoms with Crippen molar-refractivity contribution >= 4 is 34.9 Å². The number of urea groups is 1. The van der Waals surface area contributed by atoms with E-state index in [1.165, 1.54) is 0 Å². The molecule has 110 valence electrons. The zero-order valence-corrected chi connectivity index (χ0v) is 12.1. The molecule has 3 nitrogen and oxygen atoms in total. The second kappa shape index (κ2) is 6.74. The lowest BCUT2D eigenvalue weighted by molar-refractivity contribution is 0.251. The maximum atomic E-state index is 13.4. The lowest BCUT2D eigenvalue weighted by Crippen LogP contribution is -2.28. The van der Waals surface area contributed by atoms with E-state index in [0.29, 0.717) is 16.1 Å². The standard InChI is InChI=1S/C14H10Cl2F2N2O/c15-10-3-1-8(5-11(10)16)7-19-14(21)20-13-4-2-9(17)6-12(13)18/h1-6H,7H2,(H2,19,20,21). The van der Waals surface area contributed by atoms with E-state index in [1.54, 1.807) is 18.2 Å². The molecule has 2 amide bonds. The molecule has 0 aliphatic heterocycles. The van der Waals surface area contributed by atoms with Gasteiger partial charge >= 0.3 is 6.03 Å². The second-order valence-electron chi connectivity index (χ2n) is 4.18. The van der Waals surface area contributed by atoms with Crippen LogP contribution in [-0.4, -0.2) is 6.03 Å². The Morgan fingerprint density at radius 2 is 1.81 bits per heavy atom. The normalized spacial score (nSPS) is 10.3. The number of carbonyl (C=O) groups excluding carboxylic acids is 1. The van der Waals surface area contributed by atoms with Crippen LogP contribution >= 0.6 is 23.2 Å². The highest BCUT2D eigenvalue weighted by molar-refractivity contribution is 6.42. The lowest BCUT2D eigenvalue weighted by atomic mass is 10.2. The van der Waals surface area contributed by atoms with Crippen LogP contribution in [0.1, 0.15) is 5.56 Å². The topological polar surface area (TPSA) is 41.1 Å². The van der Waals surface area contributed by atoms with Gasteiger partial charge in [-0.15, -0.1) is 0 Å². The van der Waals surface area contributed by atoms with Crippen LogP contribution in [0.2, 0.25) is 10.0 Å². The third-order valence-electron chi connectivity index (χ3n) is 2.62. The molecular formula is C14H10Cl2F2N2O. The largest absolute Gasteiger partial charge is 0.334 e. The molecule has 0 saturated heterocycles. The molecule has 0 heterocycles. The van der Waals surface area contributed by atoms with Gasteiger partial charge in [-0.25, -0.2) is 13.6 Å². The number of nitrogens with one attached hydrogen (secondary N) is 2. The van der Waals surface area contributed by atoms with Gasteiger partial charge in [-0.2, -0.15) is 0 Å². The summed E-state index contributed by atoms with van der Waals surface area (Å²) < 4.78 is 26.1. The van der Waals surface area contributed by atoms with Gasteiger partial charge in [0.15, 0.2) is 0 Å². The Morgan fingerprint density at radius 1 is 1.05 bits per heavy atom. The Balaban J connectivity index is 1.94. The summed E-state index contributed by atoms with van der Waals surface area (Å²) in [6.07, 6.45) is 0. The summed E-state index contributed by atoms with van der Waals surface area (Å²) in [7, 11) is 0. The summed E-state index contributed by atoms with van der Waals surface area (Å²) in [5, 5.41) is 5.60. The summed E-state index contributed by atoms with van der Waals surface area (Å²) >= 11 is 11.6. The van der Waals surface area contributed by atoms with E-state index in [1.807, 2.05) is 0 Å². The predicted octanol–water partition coefficient (Wildman–Crippen LogP) is 4.59. The Hall–Kier alpha value is -1.85. The molecule has 2 aromatic carbocycles. The first-order valence-electron chi connectivity index (χ1n) is 5.89. The number of hydrogen-bond acceptors (Lipinski definition) is 1. The van der Waals surface area contributed by atoms with Gasteiger partial charge in [0, 0.05) is 12.6 Å². The monoisotopic (exact) mass is 330 g/mol. The van der Waals surface area contributed by atoms with E-state index < -0.39 is 17.7 Å². The average Bonchev–Trinajstić information content (AvgIpc) is 2.43. The fourth-order valence-corrected chi connectivity index (χ4v) is 1.91. The summed E-state index contributed by atoms with van der Waals surface area (Å²) in [6, 6.07) is 7.19. The fourth-order valence-electron chi connectivity index (χ4n) is 1.59. The first kappa shape index (κ1) is 15.5. The zero-order valence-electron chi connectivity index (χ0n) is 10.6. The molecule has 2 N–H and O–H groups in total. The molecule has 0 aliphatic rings. The van der Waals surface area contributed by atoms with Gasteiger partial charge in [0.25, 0.3) is 0 Å². The smallest absolute Gasteiger partial charge is 0.319 e. The van der Waals surface area contributed by atoms with Crippen molar-refractivity contribution in [2.24, 2.45) is 0 Å². The van der Waals surface area contributed by atoms with E-state index in [0.717, 1.165) is 17.7 Å². The molecule has 0 saturated carbocycles. The highest BCUT2D eigenvalue weighted by Gasteiger charge is 2.08. The number of benzene rings is 2. The summed E-state index contributed by atoms with van der Waals surface area (Å²) in [6.45, 7) is 0.186. The molecule has 0 bridgehead atoms. The van der Waals surface area contributed by atoms with Crippen LogP contribution in [0.25, 0.3) is 0 Å². The van der Waals surface area contributed by atoms with Gasteiger partial charge in [-0.3, -0.25) is 0 Å².